The SMILES string of the molecule is Clc1cc(Br)ccc1OCCCNCc1ccccc1. The first-order valence-electron chi connectivity index (χ1n) is 6.58. The lowest BCUT2D eigenvalue weighted by molar-refractivity contribution is 0.308. The lowest BCUT2D eigenvalue weighted by Crippen LogP contribution is -2.17. The third-order valence-electron chi connectivity index (χ3n) is 2.82. The molecule has 2 aromatic carbocycles. The number of hydrogen-bond donors (Lipinski definition) is 1. The van der Waals surface area contributed by atoms with E-state index in [0.29, 0.717) is 11.6 Å². The predicted octanol–water partition coefficient (Wildman–Crippen LogP) is 4.66. The van der Waals surface area contributed by atoms with Crippen molar-refractivity contribution in [1.29, 1.82) is 0 Å². The van der Waals surface area contributed by atoms with Gasteiger partial charge in [-0.3, -0.25) is 0 Å². The molecule has 106 valence electrons. The molecule has 0 saturated heterocycles. The molecule has 0 unspecified atom stereocenters. The Bertz CT molecular complexity index is 533. The summed E-state index contributed by atoms with van der Waals surface area (Å²) in [6, 6.07) is 16.0. The number of rotatable bonds is 7. The fourth-order valence-electron chi connectivity index (χ4n) is 1.80. The molecule has 2 nitrogen and oxygen atoms in total. The lowest BCUT2D eigenvalue weighted by Gasteiger charge is -2.09. The van der Waals surface area contributed by atoms with Gasteiger partial charge in [0.05, 0.1) is 11.6 Å². The molecule has 0 bridgehead atoms. The minimum Gasteiger partial charge on any atom is -0.492 e. The molecule has 0 aliphatic carbocycles. The smallest absolute Gasteiger partial charge is 0.137 e. The maximum Gasteiger partial charge on any atom is 0.137 e. The van der Waals surface area contributed by atoms with Crippen molar-refractivity contribution in [1.82, 2.24) is 5.32 Å². The van der Waals surface area contributed by atoms with E-state index in [4.69, 9.17) is 16.3 Å². The van der Waals surface area contributed by atoms with Crippen molar-refractivity contribution in [3.05, 3.63) is 63.6 Å². The third kappa shape index (κ3) is 5.16. The van der Waals surface area contributed by atoms with Crippen LogP contribution in [0.5, 0.6) is 5.75 Å². The van der Waals surface area contributed by atoms with Crippen molar-refractivity contribution in [3.8, 4) is 5.75 Å². The summed E-state index contributed by atoms with van der Waals surface area (Å²) in [5.41, 5.74) is 1.30. The summed E-state index contributed by atoms with van der Waals surface area (Å²) in [5, 5.41) is 4.03. The standard InChI is InChI=1S/C16H17BrClNO/c17-14-7-8-16(15(18)11-14)20-10-4-9-19-12-13-5-2-1-3-6-13/h1-3,5-8,11,19H,4,9-10,12H2. The van der Waals surface area contributed by atoms with Crippen LogP contribution in [-0.4, -0.2) is 13.2 Å². The van der Waals surface area contributed by atoms with E-state index >= 15 is 0 Å². The van der Waals surface area contributed by atoms with Crippen LogP contribution < -0.4 is 10.1 Å². The molecule has 4 heteroatoms. The Morgan fingerprint density at radius 3 is 2.65 bits per heavy atom. The number of halogens is 2. The lowest BCUT2D eigenvalue weighted by atomic mass is 10.2. The van der Waals surface area contributed by atoms with E-state index < -0.39 is 0 Å². The van der Waals surface area contributed by atoms with Crippen LogP contribution in [0.2, 0.25) is 5.02 Å². The van der Waals surface area contributed by atoms with Gasteiger partial charge in [0.1, 0.15) is 5.75 Å². The Balaban J connectivity index is 1.62. The van der Waals surface area contributed by atoms with Crippen molar-refractivity contribution in [2.24, 2.45) is 0 Å². The number of hydrogen-bond acceptors (Lipinski definition) is 2. The molecule has 0 radical (unpaired) electrons. The van der Waals surface area contributed by atoms with Crippen LogP contribution in [-0.2, 0) is 6.54 Å². The van der Waals surface area contributed by atoms with Gasteiger partial charge in [-0.2, -0.15) is 0 Å². The monoisotopic (exact) mass is 353 g/mol. The van der Waals surface area contributed by atoms with Gasteiger partial charge in [-0.15, -0.1) is 0 Å². The minimum absolute atomic E-state index is 0.636. The first kappa shape index (κ1) is 15.4. The average Bonchev–Trinajstić information content (AvgIpc) is 2.46. The van der Waals surface area contributed by atoms with Crippen LogP contribution in [0.25, 0.3) is 0 Å². The van der Waals surface area contributed by atoms with Crippen LogP contribution in [0.4, 0.5) is 0 Å². The fourth-order valence-corrected chi connectivity index (χ4v) is 2.53. The zero-order valence-electron chi connectivity index (χ0n) is 11.1. The van der Waals surface area contributed by atoms with Gasteiger partial charge in [-0.05, 0) is 36.7 Å². The topological polar surface area (TPSA) is 21.3 Å². The van der Waals surface area contributed by atoms with Gasteiger partial charge in [0, 0.05) is 11.0 Å². The molecule has 0 atom stereocenters. The average molecular weight is 355 g/mol. The molecule has 1 N–H and O–H groups in total. The van der Waals surface area contributed by atoms with E-state index in [1.807, 2.05) is 24.3 Å². The molecular weight excluding hydrogens is 338 g/mol. The van der Waals surface area contributed by atoms with Crippen LogP contribution in [0.3, 0.4) is 0 Å². The second-order valence-corrected chi connectivity index (χ2v) is 5.76. The first-order chi connectivity index (χ1) is 9.75. The number of benzene rings is 2. The largest absolute Gasteiger partial charge is 0.492 e. The summed E-state index contributed by atoms with van der Waals surface area (Å²) in [7, 11) is 0. The van der Waals surface area contributed by atoms with Crippen molar-refractivity contribution in [2.45, 2.75) is 13.0 Å². The quantitative estimate of drug-likeness (QED) is 0.730. The number of nitrogens with one attached hydrogen (secondary N) is 1. The zero-order chi connectivity index (χ0) is 14.2. The van der Waals surface area contributed by atoms with Crippen LogP contribution in [0.15, 0.2) is 53.0 Å². The Labute approximate surface area is 133 Å². The van der Waals surface area contributed by atoms with E-state index in [1.54, 1.807) is 0 Å². The summed E-state index contributed by atoms with van der Waals surface area (Å²) >= 11 is 9.45. The molecule has 2 aromatic rings. The van der Waals surface area contributed by atoms with E-state index in [9.17, 15) is 0 Å². The molecule has 0 amide bonds. The fraction of sp³-hybridized carbons (Fsp3) is 0.250. The van der Waals surface area contributed by atoms with Crippen LogP contribution >= 0.6 is 27.5 Å². The first-order valence-corrected chi connectivity index (χ1v) is 7.75. The highest BCUT2D eigenvalue weighted by molar-refractivity contribution is 9.10. The summed E-state index contributed by atoms with van der Waals surface area (Å²) in [5.74, 6) is 0.734. The van der Waals surface area contributed by atoms with Gasteiger partial charge in [-0.25, -0.2) is 0 Å². The minimum atomic E-state index is 0.636. The highest BCUT2D eigenvalue weighted by atomic mass is 79.9. The van der Waals surface area contributed by atoms with Gasteiger partial charge in [0.15, 0.2) is 0 Å². The molecular formula is C16H17BrClNO. The maximum atomic E-state index is 6.08. The molecule has 0 aromatic heterocycles. The van der Waals surface area contributed by atoms with Gasteiger partial charge in [-0.1, -0.05) is 57.9 Å². The van der Waals surface area contributed by atoms with Crippen LogP contribution in [0, 0.1) is 0 Å². The summed E-state index contributed by atoms with van der Waals surface area (Å²) in [6.45, 7) is 2.46. The molecule has 0 spiro atoms. The summed E-state index contributed by atoms with van der Waals surface area (Å²) in [4.78, 5) is 0. The summed E-state index contributed by atoms with van der Waals surface area (Å²) < 4.78 is 6.61. The molecule has 0 saturated carbocycles. The second kappa shape index (κ2) is 8.30. The Kier molecular flexibility index (Phi) is 6.37. The van der Waals surface area contributed by atoms with Crippen molar-refractivity contribution < 1.29 is 4.74 Å². The maximum absolute atomic E-state index is 6.08. The Hall–Kier alpha value is -1.03. The van der Waals surface area contributed by atoms with Crippen molar-refractivity contribution >= 4 is 27.5 Å². The highest BCUT2D eigenvalue weighted by Crippen LogP contribution is 2.27. The van der Waals surface area contributed by atoms with Crippen molar-refractivity contribution in [2.75, 3.05) is 13.2 Å². The molecule has 0 aliphatic rings. The third-order valence-corrected chi connectivity index (χ3v) is 3.61. The molecule has 0 heterocycles. The van der Waals surface area contributed by atoms with Crippen molar-refractivity contribution in [3.63, 3.8) is 0 Å². The highest BCUT2D eigenvalue weighted by Gasteiger charge is 2.01. The van der Waals surface area contributed by atoms with Gasteiger partial charge in [0.25, 0.3) is 0 Å². The molecule has 20 heavy (non-hydrogen) atoms. The predicted molar refractivity (Wildman–Crippen MR) is 87.4 cm³/mol. The molecule has 0 aliphatic heterocycles. The normalized spacial score (nSPS) is 10.5. The van der Waals surface area contributed by atoms with Gasteiger partial charge in [0.2, 0.25) is 0 Å². The Morgan fingerprint density at radius 1 is 1.10 bits per heavy atom. The Morgan fingerprint density at radius 2 is 1.90 bits per heavy atom. The zero-order valence-corrected chi connectivity index (χ0v) is 13.5. The molecule has 0 fully saturated rings. The van der Waals surface area contributed by atoms with Gasteiger partial charge >= 0.3 is 0 Å². The van der Waals surface area contributed by atoms with Gasteiger partial charge < -0.3 is 10.1 Å². The van der Waals surface area contributed by atoms with E-state index in [-0.39, 0.29) is 0 Å². The number of ether oxygens (including phenoxy) is 1. The molecule has 2 rings (SSSR count). The van der Waals surface area contributed by atoms with E-state index in [1.165, 1.54) is 5.56 Å². The van der Waals surface area contributed by atoms with E-state index in [0.717, 1.165) is 29.7 Å². The second-order valence-electron chi connectivity index (χ2n) is 4.44. The summed E-state index contributed by atoms with van der Waals surface area (Å²) in [6.07, 6.45) is 0.944. The van der Waals surface area contributed by atoms with E-state index in [2.05, 4.69) is 45.5 Å². The van der Waals surface area contributed by atoms with Crippen LogP contribution in [0.1, 0.15) is 12.0 Å².